The van der Waals surface area contributed by atoms with Crippen LogP contribution >= 0.6 is 27.5 Å². The molecule has 2 aromatic heterocycles. The van der Waals surface area contributed by atoms with Crippen LogP contribution in [0.5, 0.6) is 0 Å². The first-order valence-electron chi connectivity index (χ1n) is 7.30. The fraction of sp³-hybridized carbons (Fsp3) is 0.250. The Kier molecular flexibility index (Phi) is 4.84. The number of nitrogens with one attached hydrogen (secondary N) is 1. The highest BCUT2D eigenvalue weighted by Crippen LogP contribution is 2.29. The number of imidazole rings is 1. The summed E-state index contributed by atoms with van der Waals surface area (Å²) >= 11 is 9.79. The second kappa shape index (κ2) is 6.86. The highest BCUT2D eigenvalue weighted by Gasteiger charge is 2.15. The summed E-state index contributed by atoms with van der Waals surface area (Å²) in [5.41, 5.74) is 2.27. The molecule has 0 aliphatic carbocycles. The van der Waals surface area contributed by atoms with Crippen LogP contribution in [0.15, 0.2) is 41.3 Å². The summed E-state index contributed by atoms with van der Waals surface area (Å²) in [6, 6.07) is 7.49. The number of nitrogens with zero attached hydrogens (tertiary/aromatic N) is 3. The minimum absolute atomic E-state index is 0.0303. The number of aliphatic hydroxyl groups excluding tert-OH is 1. The van der Waals surface area contributed by atoms with Crippen molar-refractivity contribution < 1.29 is 5.11 Å². The number of fused-ring (bicyclic) bond motifs is 1. The van der Waals surface area contributed by atoms with E-state index in [2.05, 4.69) is 31.2 Å². The molecule has 120 valence electrons. The van der Waals surface area contributed by atoms with Crippen molar-refractivity contribution in [3.63, 3.8) is 0 Å². The summed E-state index contributed by atoms with van der Waals surface area (Å²) in [6.45, 7) is 2.03. The second-order valence-corrected chi connectivity index (χ2v) is 6.38. The van der Waals surface area contributed by atoms with E-state index >= 15 is 0 Å². The van der Waals surface area contributed by atoms with Gasteiger partial charge in [-0.25, -0.2) is 9.97 Å². The third-order valence-electron chi connectivity index (χ3n) is 3.65. The molecule has 23 heavy (non-hydrogen) atoms. The summed E-state index contributed by atoms with van der Waals surface area (Å²) < 4.78 is 2.72. The Labute approximate surface area is 147 Å². The van der Waals surface area contributed by atoms with Crippen molar-refractivity contribution in [2.75, 3.05) is 11.9 Å². The van der Waals surface area contributed by atoms with Crippen LogP contribution in [0.1, 0.15) is 13.3 Å². The third-order valence-corrected chi connectivity index (χ3v) is 4.57. The molecule has 0 bridgehead atoms. The van der Waals surface area contributed by atoms with Crippen LogP contribution < -0.4 is 5.32 Å². The molecule has 1 unspecified atom stereocenters. The number of halogens is 2. The maximum Gasteiger partial charge on any atom is 0.181 e. The zero-order valence-electron chi connectivity index (χ0n) is 12.5. The van der Waals surface area contributed by atoms with E-state index in [0.717, 1.165) is 22.3 Å². The first-order valence-corrected chi connectivity index (χ1v) is 8.47. The molecule has 0 spiro atoms. The summed E-state index contributed by atoms with van der Waals surface area (Å²) in [4.78, 5) is 9.04. The molecular weight excluding hydrogens is 380 g/mol. The molecule has 3 aromatic rings. The first kappa shape index (κ1) is 16.2. The van der Waals surface area contributed by atoms with Crippen molar-refractivity contribution in [3.05, 3.63) is 46.3 Å². The molecule has 5 nitrogen and oxygen atoms in total. The molecule has 2 N–H and O–H groups in total. The Balaban J connectivity index is 2.17. The number of aromatic nitrogens is 3. The van der Waals surface area contributed by atoms with Gasteiger partial charge in [0.25, 0.3) is 0 Å². The zero-order chi connectivity index (χ0) is 16.4. The van der Waals surface area contributed by atoms with Gasteiger partial charge in [-0.2, -0.15) is 0 Å². The van der Waals surface area contributed by atoms with E-state index in [4.69, 9.17) is 11.6 Å². The molecule has 0 saturated heterocycles. The van der Waals surface area contributed by atoms with E-state index < -0.39 is 0 Å². The smallest absolute Gasteiger partial charge is 0.181 e. The lowest BCUT2D eigenvalue weighted by atomic mass is 10.1. The molecule has 7 heteroatoms. The minimum atomic E-state index is -0.0803. The van der Waals surface area contributed by atoms with Crippen LogP contribution in [0.25, 0.3) is 16.9 Å². The zero-order valence-corrected chi connectivity index (χ0v) is 14.8. The van der Waals surface area contributed by atoms with Crippen LogP contribution in [-0.4, -0.2) is 32.1 Å². The Morgan fingerprint density at radius 3 is 2.87 bits per heavy atom. The lowest BCUT2D eigenvalue weighted by Crippen LogP contribution is -2.23. The fourth-order valence-electron chi connectivity index (χ4n) is 2.33. The van der Waals surface area contributed by atoms with Gasteiger partial charge in [0.1, 0.15) is 4.60 Å². The van der Waals surface area contributed by atoms with Gasteiger partial charge in [0, 0.05) is 11.8 Å². The molecule has 0 amide bonds. The van der Waals surface area contributed by atoms with Crippen molar-refractivity contribution >= 4 is 39.0 Å². The van der Waals surface area contributed by atoms with Gasteiger partial charge in [0.15, 0.2) is 11.5 Å². The molecule has 0 aliphatic heterocycles. The topological polar surface area (TPSA) is 62.5 Å². The molecule has 0 saturated carbocycles. The average molecular weight is 396 g/mol. The van der Waals surface area contributed by atoms with Gasteiger partial charge < -0.3 is 10.4 Å². The largest absolute Gasteiger partial charge is 0.394 e. The first-order chi connectivity index (χ1) is 11.1. The quantitative estimate of drug-likeness (QED) is 0.685. The molecule has 3 rings (SSSR count). The Bertz CT molecular complexity index is 832. The number of anilines is 1. The van der Waals surface area contributed by atoms with E-state index in [1.165, 1.54) is 0 Å². The van der Waals surface area contributed by atoms with Crippen molar-refractivity contribution in [2.45, 2.75) is 19.4 Å². The van der Waals surface area contributed by atoms with Crippen molar-refractivity contribution in [3.8, 4) is 11.3 Å². The van der Waals surface area contributed by atoms with E-state index in [1.54, 1.807) is 6.20 Å². The number of hydrogen-bond acceptors (Lipinski definition) is 4. The van der Waals surface area contributed by atoms with Gasteiger partial charge in [-0.1, -0.05) is 36.7 Å². The van der Waals surface area contributed by atoms with Crippen molar-refractivity contribution in [2.24, 2.45) is 0 Å². The lowest BCUT2D eigenvalue weighted by Gasteiger charge is -2.16. The molecule has 0 radical (unpaired) electrons. The summed E-state index contributed by atoms with van der Waals surface area (Å²) in [7, 11) is 0. The molecule has 2 heterocycles. The number of benzene rings is 1. The van der Waals surface area contributed by atoms with Crippen LogP contribution in [0, 0.1) is 0 Å². The highest BCUT2D eigenvalue weighted by atomic mass is 79.9. The second-order valence-electron chi connectivity index (χ2n) is 5.16. The van der Waals surface area contributed by atoms with E-state index in [-0.39, 0.29) is 12.6 Å². The standard InChI is InChI=1S/C16H16BrClN4O/c1-2-10(9-23)20-15-16-19-7-14(17)22(16)8-13(21-15)11-5-3-4-6-12(11)18/h3-8,10,23H,2,9H2,1H3,(H,20,21). The SMILES string of the molecule is CCC(CO)Nc1nc(-c2ccccc2Cl)cn2c(Br)cnc12. The van der Waals surface area contributed by atoms with E-state index in [1.807, 2.05) is 41.8 Å². The van der Waals surface area contributed by atoms with Gasteiger partial charge in [0.2, 0.25) is 0 Å². The molecule has 0 aliphatic rings. The highest BCUT2D eigenvalue weighted by molar-refractivity contribution is 9.10. The van der Waals surface area contributed by atoms with Crippen LogP contribution in [0.4, 0.5) is 5.82 Å². The predicted molar refractivity (Wildman–Crippen MR) is 95.9 cm³/mol. The Hall–Kier alpha value is -1.63. The number of rotatable bonds is 5. The van der Waals surface area contributed by atoms with Gasteiger partial charge >= 0.3 is 0 Å². The normalized spacial score (nSPS) is 12.5. The van der Waals surface area contributed by atoms with Gasteiger partial charge in [0.05, 0.1) is 29.6 Å². The number of hydrogen-bond donors (Lipinski definition) is 2. The predicted octanol–water partition coefficient (Wildman–Crippen LogP) is 4.00. The summed E-state index contributed by atoms with van der Waals surface area (Å²) in [5.74, 6) is 0.619. The van der Waals surface area contributed by atoms with Gasteiger partial charge in [-0.3, -0.25) is 4.40 Å². The van der Waals surface area contributed by atoms with E-state index in [9.17, 15) is 5.11 Å². The monoisotopic (exact) mass is 394 g/mol. The van der Waals surface area contributed by atoms with Crippen molar-refractivity contribution in [1.29, 1.82) is 0 Å². The Morgan fingerprint density at radius 1 is 1.39 bits per heavy atom. The van der Waals surface area contributed by atoms with Crippen LogP contribution in [0.2, 0.25) is 5.02 Å². The number of aliphatic hydroxyl groups is 1. The maximum absolute atomic E-state index is 9.45. The van der Waals surface area contributed by atoms with Gasteiger partial charge in [-0.05, 0) is 28.4 Å². The average Bonchev–Trinajstić information content (AvgIpc) is 2.94. The summed E-state index contributed by atoms with van der Waals surface area (Å²) in [5, 5.41) is 13.3. The molecule has 1 aromatic carbocycles. The van der Waals surface area contributed by atoms with Crippen LogP contribution in [-0.2, 0) is 0 Å². The van der Waals surface area contributed by atoms with Gasteiger partial charge in [-0.15, -0.1) is 0 Å². The van der Waals surface area contributed by atoms with E-state index in [0.29, 0.717) is 16.5 Å². The summed E-state index contributed by atoms with van der Waals surface area (Å²) in [6.07, 6.45) is 4.39. The molecule has 0 fully saturated rings. The molecule has 1 atom stereocenters. The minimum Gasteiger partial charge on any atom is -0.394 e. The lowest BCUT2D eigenvalue weighted by molar-refractivity contribution is 0.271. The van der Waals surface area contributed by atoms with Crippen molar-refractivity contribution in [1.82, 2.24) is 14.4 Å². The Morgan fingerprint density at radius 2 is 2.17 bits per heavy atom. The maximum atomic E-state index is 9.45. The molecular formula is C16H16BrClN4O. The fourth-order valence-corrected chi connectivity index (χ4v) is 2.93. The third kappa shape index (κ3) is 3.20. The van der Waals surface area contributed by atoms with Crippen LogP contribution in [0.3, 0.4) is 0 Å².